The van der Waals surface area contributed by atoms with Crippen molar-refractivity contribution in [2.75, 3.05) is 19.4 Å². The number of carbonyl (C=O) groups excluding carboxylic acids is 1. The second kappa shape index (κ2) is 9.88. The van der Waals surface area contributed by atoms with Gasteiger partial charge in [0.1, 0.15) is 18.5 Å². The average molecular weight is 451 g/mol. The van der Waals surface area contributed by atoms with E-state index in [4.69, 9.17) is 4.74 Å². The standard InChI is InChI=1S/C21H20F3N3O3S/c1-31-20-25-8-9-27(20)16-6-2-4-14(10-16)19(29)26-12-17(28)13-30-18-7-3-5-15(11-18)21(22,23)24/h2-11,17,28H,12-13H2,1H3,(H,26,29). The number of nitrogens with zero attached hydrogens (tertiary/aromatic N) is 2. The number of hydrogen-bond donors (Lipinski definition) is 2. The number of halogens is 3. The highest BCUT2D eigenvalue weighted by atomic mass is 32.2. The molecule has 0 radical (unpaired) electrons. The van der Waals surface area contributed by atoms with Crippen LogP contribution in [0.2, 0.25) is 0 Å². The third-order valence-electron chi connectivity index (χ3n) is 4.28. The quantitative estimate of drug-likeness (QED) is 0.510. The molecule has 6 nitrogen and oxygen atoms in total. The van der Waals surface area contributed by atoms with Gasteiger partial charge < -0.3 is 15.2 Å². The first kappa shape index (κ1) is 22.7. The molecule has 2 N–H and O–H groups in total. The molecule has 31 heavy (non-hydrogen) atoms. The van der Waals surface area contributed by atoms with Gasteiger partial charge in [-0.05, 0) is 42.7 Å². The molecule has 1 amide bonds. The molecular weight excluding hydrogens is 431 g/mol. The zero-order valence-corrected chi connectivity index (χ0v) is 17.3. The summed E-state index contributed by atoms with van der Waals surface area (Å²) in [6, 6.07) is 11.3. The van der Waals surface area contributed by atoms with Gasteiger partial charge in [-0.3, -0.25) is 9.36 Å². The van der Waals surface area contributed by atoms with E-state index in [1.165, 1.54) is 23.9 Å². The highest BCUT2D eigenvalue weighted by Crippen LogP contribution is 2.31. The van der Waals surface area contributed by atoms with Gasteiger partial charge in [-0.25, -0.2) is 4.98 Å². The van der Waals surface area contributed by atoms with Gasteiger partial charge in [-0.15, -0.1) is 0 Å². The van der Waals surface area contributed by atoms with Crippen molar-refractivity contribution in [1.29, 1.82) is 0 Å². The Morgan fingerprint density at radius 3 is 2.77 bits per heavy atom. The molecule has 0 aliphatic heterocycles. The molecule has 0 bridgehead atoms. The van der Waals surface area contributed by atoms with Crippen LogP contribution in [-0.4, -0.2) is 46.1 Å². The molecule has 3 aromatic rings. The second-order valence-electron chi connectivity index (χ2n) is 6.53. The lowest BCUT2D eigenvalue weighted by Gasteiger charge is -2.15. The Morgan fingerprint density at radius 2 is 2.03 bits per heavy atom. The number of aliphatic hydroxyl groups excluding tert-OH is 1. The van der Waals surface area contributed by atoms with Crippen LogP contribution in [0.3, 0.4) is 0 Å². The van der Waals surface area contributed by atoms with E-state index in [1.807, 2.05) is 16.9 Å². The van der Waals surface area contributed by atoms with Crippen molar-refractivity contribution in [1.82, 2.24) is 14.9 Å². The number of benzene rings is 2. The lowest BCUT2D eigenvalue weighted by Crippen LogP contribution is -2.35. The molecule has 3 rings (SSSR count). The fourth-order valence-electron chi connectivity index (χ4n) is 2.76. The fourth-order valence-corrected chi connectivity index (χ4v) is 3.29. The minimum absolute atomic E-state index is 0.0159. The zero-order chi connectivity index (χ0) is 22.4. The molecule has 1 heterocycles. The lowest BCUT2D eigenvalue weighted by atomic mass is 10.2. The minimum atomic E-state index is -4.48. The fraction of sp³-hybridized carbons (Fsp3) is 0.238. The highest BCUT2D eigenvalue weighted by Gasteiger charge is 2.30. The van der Waals surface area contributed by atoms with E-state index in [1.54, 1.807) is 30.6 Å². The number of alkyl halides is 3. The van der Waals surface area contributed by atoms with Crippen molar-refractivity contribution in [3.8, 4) is 11.4 Å². The Labute approximate surface area is 181 Å². The van der Waals surface area contributed by atoms with Crippen molar-refractivity contribution >= 4 is 17.7 Å². The van der Waals surface area contributed by atoms with E-state index in [-0.39, 0.29) is 18.9 Å². The van der Waals surface area contributed by atoms with Crippen molar-refractivity contribution in [3.63, 3.8) is 0 Å². The van der Waals surface area contributed by atoms with E-state index in [0.717, 1.165) is 23.0 Å². The highest BCUT2D eigenvalue weighted by molar-refractivity contribution is 7.98. The topological polar surface area (TPSA) is 76.4 Å². The summed E-state index contributed by atoms with van der Waals surface area (Å²) in [6.45, 7) is -0.392. The summed E-state index contributed by atoms with van der Waals surface area (Å²) in [4.78, 5) is 16.7. The monoisotopic (exact) mass is 451 g/mol. The Balaban J connectivity index is 1.54. The number of imidazole rings is 1. The predicted octanol–water partition coefficient (Wildman–Crippen LogP) is 3.78. The van der Waals surface area contributed by atoms with Crippen LogP contribution in [-0.2, 0) is 6.18 Å². The Bertz CT molecular complexity index is 1040. The molecule has 0 saturated heterocycles. The lowest BCUT2D eigenvalue weighted by molar-refractivity contribution is -0.137. The maximum atomic E-state index is 12.7. The van der Waals surface area contributed by atoms with E-state index >= 15 is 0 Å². The first-order chi connectivity index (χ1) is 14.8. The summed E-state index contributed by atoms with van der Waals surface area (Å²) in [5, 5.41) is 13.4. The van der Waals surface area contributed by atoms with Crippen LogP contribution in [0.4, 0.5) is 13.2 Å². The summed E-state index contributed by atoms with van der Waals surface area (Å²) in [6.07, 6.45) is -0.221. The number of aliphatic hydroxyl groups is 1. The number of thioether (sulfide) groups is 1. The SMILES string of the molecule is CSc1nccn1-c1cccc(C(=O)NCC(O)COc2cccc(C(F)(F)F)c2)c1. The van der Waals surface area contributed by atoms with Crippen LogP contribution >= 0.6 is 11.8 Å². The number of aromatic nitrogens is 2. The van der Waals surface area contributed by atoms with Gasteiger partial charge in [0.2, 0.25) is 0 Å². The van der Waals surface area contributed by atoms with Crippen LogP contribution in [0, 0.1) is 0 Å². The van der Waals surface area contributed by atoms with Crippen LogP contribution in [0.25, 0.3) is 5.69 Å². The average Bonchev–Trinajstić information content (AvgIpc) is 3.24. The van der Waals surface area contributed by atoms with Crippen LogP contribution in [0.15, 0.2) is 66.1 Å². The Kier molecular flexibility index (Phi) is 7.24. The summed E-state index contributed by atoms with van der Waals surface area (Å²) in [5.74, 6) is -0.413. The molecule has 1 unspecified atom stereocenters. The molecule has 0 saturated carbocycles. The van der Waals surface area contributed by atoms with E-state index in [2.05, 4.69) is 10.3 Å². The third-order valence-corrected chi connectivity index (χ3v) is 4.95. The van der Waals surface area contributed by atoms with Gasteiger partial charge in [0.15, 0.2) is 5.16 Å². The molecule has 0 aliphatic rings. The van der Waals surface area contributed by atoms with Gasteiger partial charge in [0.05, 0.1) is 5.56 Å². The van der Waals surface area contributed by atoms with Crippen molar-refractivity contribution in [2.45, 2.75) is 17.4 Å². The Hall–Kier alpha value is -2.98. The van der Waals surface area contributed by atoms with Crippen LogP contribution < -0.4 is 10.1 Å². The Morgan fingerprint density at radius 1 is 1.26 bits per heavy atom. The normalized spacial score (nSPS) is 12.4. The number of hydrogen-bond acceptors (Lipinski definition) is 5. The summed E-state index contributed by atoms with van der Waals surface area (Å²) < 4.78 is 45.3. The first-order valence-corrected chi connectivity index (χ1v) is 10.4. The molecule has 164 valence electrons. The van der Waals surface area contributed by atoms with Gasteiger partial charge in [0, 0.05) is 30.2 Å². The number of nitrogens with one attached hydrogen (secondary N) is 1. The zero-order valence-electron chi connectivity index (χ0n) is 16.5. The molecule has 2 aromatic carbocycles. The van der Waals surface area contributed by atoms with Gasteiger partial charge >= 0.3 is 6.18 Å². The molecular formula is C21H20F3N3O3S. The molecule has 10 heteroatoms. The number of ether oxygens (including phenoxy) is 1. The minimum Gasteiger partial charge on any atom is -0.491 e. The predicted molar refractivity (Wildman–Crippen MR) is 111 cm³/mol. The van der Waals surface area contributed by atoms with Crippen molar-refractivity contribution < 1.29 is 27.8 Å². The van der Waals surface area contributed by atoms with E-state index in [0.29, 0.717) is 5.56 Å². The van der Waals surface area contributed by atoms with Gasteiger partial charge in [-0.1, -0.05) is 23.9 Å². The number of carbonyl (C=O) groups is 1. The largest absolute Gasteiger partial charge is 0.491 e. The molecule has 0 aliphatic carbocycles. The van der Waals surface area contributed by atoms with Crippen LogP contribution in [0.5, 0.6) is 5.75 Å². The summed E-state index contributed by atoms with van der Waals surface area (Å²) >= 11 is 1.47. The van der Waals surface area contributed by atoms with Gasteiger partial charge in [0.25, 0.3) is 5.91 Å². The van der Waals surface area contributed by atoms with Gasteiger partial charge in [-0.2, -0.15) is 13.2 Å². The molecule has 1 atom stereocenters. The smallest absolute Gasteiger partial charge is 0.416 e. The van der Waals surface area contributed by atoms with Crippen molar-refractivity contribution in [2.24, 2.45) is 0 Å². The summed E-state index contributed by atoms with van der Waals surface area (Å²) in [7, 11) is 0. The molecule has 1 aromatic heterocycles. The number of amides is 1. The maximum Gasteiger partial charge on any atom is 0.416 e. The van der Waals surface area contributed by atoms with E-state index < -0.39 is 23.8 Å². The van der Waals surface area contributed by atoms with Crippen molar-refractivity contribution in [3.05, 3.63) is 72.1 Å². The van der Waals surface area contributed by atoms with Crippen LogP contribution in [0.1, 0.15) is 15.9 Å². The molecule has 0 spiro atoms. The first-order valence-electron chi connectivity index (χ1n) is 9.22. The second-order valence-corrected chi connectivity index (χ2v) is 7.31. The number of rotatable bonds is 8. The third kappa shape index (κ3) is 6.02. The molecule has 0 fully saturated rings. The maximum absolute atomic E-state index is 12.7. The summed E-state index contributed by atoms with van der Waals surface area (Å²) in [5.41, 5.74) is 0.322. The van der Waals surface area contributed by atoms with E-state index in [9.17, 15) is 23.1 Å².